The standard InChI is InChI=1S/C11H13ClN2O3/c1-7(15)6-13-10(16)11(17)14-9-5-3-2-4-8(9)12/h2-5,7,15H,6H2,1H3,(H,13,16)(H,14,17)/t7-/m1/s1. The molecule has 0 saturated heterocycles. The molecule has 0 aliphatic rings. The lowest BCUT2D eigenvalue weighted by Crippen LogP contribution is -2.38. The molecule has 1 aromatic carbocycles. The molecular formula is C11H13ClN2O3. The number of hydrogen-bond acceptors (Lipinski definition) is 3. The van der Waals surface area contributed by atoms with Crippen LogP contribution >= 0.6 is 11.6 Å². The van der Waals surface area contributed by atoms with E-state index in [1.165, 1.54) is 6.92 Å². The van der Waals surface area contributed by atoms with E-state index >= 15 is 0 Å². The van der Waals surface area contributed by atoms with E-state index in [4.69, 9.17) is 16.7 Å². The summed E-state index contributed by atoms with van der Waals surface area (Å²) in [6.45, 7) is 1.53. The highest BCUT2D eigenvalue weighted by molar-refractivity contribution is 6.41. The van der Waals surface area contributed by atoms with Crippen LogP contribution in [0.25, 0.3) is 0 Å². The summed E-state index contributed by atoms with van der Waals surface area (Å²) >= 11 is 5.81. The van der Waals surface area contributed by atoms with Crippen LogP contribution in [0.2, 0.25) is 5.02 Å². The number of para-hydroxylation sites is 1. The zero-order chi connectivity index (χ0) is 12.8. The van der Waals surface area contributed by atoms with Gasteiger partial charge in [-0.25, -0.2) is 0 Å². The topological polar surface area (TPSA) is 78.4 Å². The zero-order valence-corrected chi connectivity index (χ0v) is 9.99. The lowest BCUT2D eigenvalue weighted by atomic mass is 10.3. The van der Waals surface area contributed by atoms with Crippen molar-refractivity contribution < 1.29 is 14.7 Å². The minimum Gasteiger partial charge on any atom is -0.392 e. The van der Waals surface area contributed by atoms with Crippen molar-refractivity contribution >= 4 is 29.1 Å². The first kappa shape index (κ1) is 13.5. The fraction of sp³-hybridized carbons (Fsp3) is 0.273. The monoisotopic (exact) mass is 256 g/mol. The number of amides is 2. The summed E-state index contributed by atoms with van der Waals surface area (Å²) in [5.74, 6) is -1.63. The third kappa shape index (κ3) is 4.42. The van der Waals surface area contributed by atoms with Crippen LogP contribution in [0.4, 0.5) is 5.69 Å². The van der Waals surface area contributed by atoms with E-state index in [0.29, 0.717) is 10.7 Å². The second-order valence-electron chi connectivity index (χ2n) is 3.49. The number of aliphatic hydroxyl groups is 1. The highest BCUT2D eigenvalue weighted by Crippen LogP contribution is 2.19. The van der Waals surface area contributed by atoms with Crippen molar-refractivity contribution in [1.29, 1.82) is 0 Å². The lowest BCUT2D eigenvalue weighted by Gasteiger charge is -2.08. The normalized spacial score (nSPS) is 11.7. The molecule has 2 amide bonds. The van der Waals surface area contributed by atoms with Gasteiger partial charge in [-0.05, 0) is 19.1 Å². The summed E-state index contributed by atoms with van der Waals surface area (Å²) in [5.41, 5.74) is 0.367. The molecule has 1 aromatic rings. The molecule has 0 saturated carbocycles. The summed E-state index contributed by atoms with van der Waals surface area (Å²) in [5, 5.41) is 13.9. The quantitative estimate of drug-likeness (QED) is 0.699. The van der Waals surface area contributed by atoms with Crippen molar-refractivity contribution in [3.8, 4) is 0 Å². The molecule has 0 fully saturated rings. The first-order valence-electron chi connectivity index (χ1n) is 5.02. The van der Waals surface area contributed by atoms with Crippen LogP contribution in [0.15, 0.2) is 24.3 Å². The molecule has 0 unspecified atom stereocenters. The van der Waals surface area contributed by atoms with Gasteiger partial charge in [-0.3, -0.25) is 9.59 Å². The summed E-state index contributed by atoms with van der Waals surface area (Å²) in [7, 11) is 0. The van der Waals surface area contributed by atoms with Crippen LogP contribution in [-0.2, 0) is 9.59 Å². The number of carbonyl (C=O) groups excluding carboxylic acids is 2. The Labute approximate surface area is 104 Å². The van der Waals surface area contributed by atoms with Gasteiger partial charge in [-0.1, -0.05) is 23.7 Å². The molecule has 92 valence electrons. The van der Waals surface area contributed by atoms with Gasteiger partial charge in [0.2, 0.25) is 0 Å². The van der Waals surface area contributed by atoms with Gasteiger partial charge in [-0.2, -0.15) is 0 Å². The van der Waals surface area contributed by atoms with Gasteiger partial charge in [0.05, 0.1) is 16.8 Å². The van der Waals surface area contributed by atoms with Crippen LogP contribution in [0, 0.1) is 0 Å². The molecule has 0 heterocycles. The van der Waals surface area contributed by atoms with Gasteiger partial charge in [-0.15, -0.1) is 0 Å². The molecule has 0 aromatic heterocycles. The van der Waals surface area contributed by atoms with E-state index in [1.807, 2.05) is 0 Å². The predicted molar refractivity (Wildman–Crippen MR) is 64.8 cm³/mol. The average Bonchev–Trinajstić information content (AvgIpc) is 2.28. The fourth-order valence-electron chi connectivity index (χ4n) is 1.06. The van der Waals surface area contributed by atoms with Gasteiger partial charge < -0.3 is 15.7 Å². The maximum atomic E-state index is 11.4. The van der Waals surface area contributed by atoms with Gasteiger partial charge in [0.15, 0.2) is 0 Å². The minimum atomic E-state index is -0.821. The van der Waals surface area contributed by atoms with Gasteiger partial charge in [0.25, 0.3) is 0 Å². The number of rotatable bonds is 3. The average molecular weight is 257 g/mol. The Kier molecular flexibility index (Phi) is 4.93. The Bertz CT molecular complexity index is 421. The van der Waals surface area contributed by atoms with Gasteiger partial charge in [0, 0.05) is 6.54 Å². The van der Waals surface area contributed by atoms with Crippen molar-refractivity contribution in [1.82, 2.24) is 5.32 Å². The third-order valence-electron chi connectivity index (χ3n) is 1.89. The van der Waals surface area contributed by atoms with Crippen LogP contribution in [0.5, 0.6) is 0 Å². The molecule has 1 atom stereocenters. The van der Waals surface area contributed by atoms with Crippen LogP contribution in [0.1, 0.15) is 6.92 Å². The van der Waals surface area contributed by atoms with Crippen molar-refractivity contribution in [2.24, 2.45) is 0 Å². The van der Waals surface area contributed by atoms with E-state index in [2.05, 4.69) is 10.6 Å². The summed E-state index contributed by atoms with van der Waals surface area (Å²) in [6.07, 6.45) is -0.702. The molecule has 5 nitrogen and oxygen atoms in total. The number of nitrogens with one attached hydrogen (secondary N) is 2. The Balaban J connectivity index is 2.55. The number of aliphatic hydroxyl groups excluding tert-OH is 1. The zero-order valence-electron chi connectivity index (χ0n) is 9.24. The van der Waals surface area contributed by atoms with Crippen LogP contribution < -0.4 is 10.6 Å². The largest absolute Gasteiger partial charge is 0.392 e. The number of halogens is 1. The Morgan fingerprint density at radius 1 is 1.35 bits per heavy atom. The van der Waals surface area contributed by atoms with Crippen molar-refractivity contribution in [3.05, 3.63) is 29.3 Å². The van der Waals surface area contributed by atoms with E-state index in [1.54, 1.807) is 24.3 Å². The SMILES string of the molecule is C[C@@H](O)CNC(=O)C(=O)Nc1ccccc1Cl. The van der Waals surface area contributed by atoms with Crippen molar-refractivity contribution in [3.63, 3.8) is 0 Å². The van der Waals surface area contributed by atoms with E-state index < -0.39 is 17.9 Å². The summed E-state index contributed by atoms with van der Waals surface area (Å²) < 4.78 is 0. The molecule has 0 radical (unpaired) electrons. The van der Waals surface area contributed by atoms with Crippen LogP contribution in [-0.4, -0.2) is 29.6 Å². The Morgan fingerprint density at radius 2 is 2.00 bits per heavy atom. The third-order valence-corrected chi connectivity index (χ3v) is 2.22. The van der Waals surface area contributed by atoms with E-state index in [-0.39, 0.29) is 6.54 Å². The van der Waals surface area contributed by atoms with E-state index in [0.717, 1.165) is 0 Å². The predicted octanol–water partition coefficient (Wildman–Crippen LogP) is 0.775. The Hall–Kier alpha value is -1.59. The highest BCUT2D eigenvalue weighted by atomic mass is 35.5. The molecule has 0 aliphatic heterocycles. The summed E-state index contributed by atoms with van der Waals surface area (Å²) in [4.78, 5) is 22.7. The maximum absolute atomic E-state index is 11.4. The Morgan fingerprint density at radius 3 is 2.59 bits per heavy atom. The molecule has 17 heavy (non-hydrogen) atoms. The fourth-order valence-corrected chi connectivity index (χ4v) is 1.25. The molecule has 0 bridgehead atoms. The van der Waals surface area contributed by atoms with Crippen LogP contribution in [0.3, 0.4) is 0 Å². The van der Waals surface area contributed by atoms with Crippen molar-refractivity contribution in [2.45, 2.75) is 13.0 Å². The van der Waals surface area contributed by atoms with Gasteiger partial charge in [0.1, 0.15) is 0 Å². The second kappa shape index (κ2) is 6.22. The molecular weight excluding hydrogens is 244 g/mol. The van der Waals surface area contributed by atoms with E-state index in [9.17, 15) is 9.59 Å². The first-order valence-corrected chi connectivity index (χ1v) is 5.40. The minimum absolute atomic E-state index is 0.0226. The maximum Gasteiger partial charge on any atom is 0.313 e. The summed E-state index contributed by atoms with van der Waals surface area (Å²) in [6, 6.07) is 6.59. The molecule has 0 spiro atoms. The molecule has 3 N–H and O–H groups in total. The number of anilines is 1. The van der Waals surface area contributed by atoms with Crippen molar-refractivity contribution in [2.75, 3.05) is 11.9 Å². The lowest BCUT2D eigenvalue weighted by molar-refractivity contribution is -0.136. The number of benzene rings is 1. The smallest absolute Gasteiger partial charge is 0.313 e. The second-order valence-corrected chi connectivity index (χ2v) is 3.90. The number of hydrogen-bond donors (Lipinski definition) is 3. The first-order chi connectivity index (χ1) is 8.00. The number of carbonyl (C=O) groups is 2. The highest BCUT2D eigenvalue weighted by Gasteiger charge is 2.14. The molecule has 6 heteroatoms. The molecule has 1 rings (SSSR count). The van der Waals surface area contributed by atoms with Gasteiger partial charge >= 0.3 is 11.8 Å². The molecule has 0 aliphatic carbocycles.